The van der Waals surface area contributed by atoms with Crippen LogP contribution >= 0.6 is 11.8 Å². The Labute approximate surface area is 125 Å². The Kier molecular flexibility index (Phi) is 5.11. The molecular formula is C15H12N2O3S. The molecule has 1 aromatic carbocycles. The normalized spacial score (nSPS) is 10.5. The SMILES string of the molecule is O=C(O)/C=C/C(=O)Nc1ccc(Sc2ccccn2)cc1. The van der Waals surface area contributed by atoms with Gasteiger partial charge in [0, 0.05) is 28.9 Å². The van der Waals surface area contributed by atoms with E-state index >= 15 is 0 Å². The minimum absolute atomic E-state index is 0.484. The van der Waals surface area contributed by atoms with E-state index in [1.165, 1.54) is 11.8 Å². The molecule has 0 aliphatic rings. The number of hydrogen-bond donors (Lipinski definition) is 2. The van der Waals surface area contributed by atoms with Gasteiger partial charge in [0.05, 0.1) is 0 Å². The summed E-state index contributed by atoms with van der Waals surface area (Å²) < 4.78 is 0. The number of rotatable bonds is 5. The van der Waals surface area contributed by atoms with E-state index in [0.29, 0.717) is 5.69 Å². The molecule has 1 heterocycles. The Hall–Kier alpha value is -2.60. The van der Waals surface area contributed by atoms with Crippen molar-refractivity contribution in [3.63, 3.8) is 0 Å². The van der Waals surface area contributed by atoms with Crippen LogP contribution in [0.25, 0.3) is 0 Å². The van der Waals surface area contributed by atoms with Crippen LogP contribution in [-0.2, 0) is 9.59 Å². The van der Waals surface area contributed by atoms with Gasteiger partial charge in [0.2, 0.25) is 5.91 Å². The second kappa shape index (κ2) is 7.25. The van der Waals surface area contributed by atoms with Crippen molar-refractivity contribution in [1.29, 1.82) is 0 Å². The van der Waals surface area contributed by atoms with Crippen molar-refractivity contribution in [3.8, 4) is 0 Å². The maximum Gasteiger partial charge on any atom is 0.328 e. The summed E-state index contributed by atoms with van der Waals surface area (Å²) in [5.41, 5.74) is 0.598. The number of benzene rings is 1. The van der Waals surface area contributed by atoms with Crippen LogP contribution in [0, 0.1) is 0 Å². The van der Waals surface area contributed by atoms with Gasteiger partial charge in [0.15, 0.2) is 0 Å². The highest BCUT2D eigenvalue weighted by molar-refractivity contribution is 7.99. The van der Waals surface area contributed by atoms with Gasteiger partial charge in [-0.3, -0.25) is 4.79 Å². The first kappa shape index (κ1) is 14.8. The van der Waals surface area contributed by atoms with Crippen molar-refractivity contribution in [3.05, 3.63) is 60.8 Å². The summed E-state index contributed by atoms with van der Waals surface area (Å²) in [5.74, 6) is -1.64. The number of carboxylic acid groups (broad SMARTS) is 1. The third-order valence-electron chi connectivity index (χ3n) is 2.36. The predicted molar refractivity (Wildman–Crippen MR) is 80.2 cm³/mol. The molecule has 106 valence electrons. The molecule has 21 heavy (non-hydrogen) atoms. The van der Waals surface area contributed by atoms with Crippen molar-refractivity contribution in [2.24, 2.45) is 0 Å². The minimum Gasteiger partial charge on any atom is -0.478 e. The first-order valence-corrected chi connectivity index (χ1v) is 6.86. The quantitative estimate of drug-likeness (QED) is 0.830. The van der Waals surface area contributed by atoms with E-state index in [-0.39, 0.29) is 0 Å². The molecule has 5 nitrogen and oxygen atoms in total. The summed E-state index contributed by atoms with van der Waals surface area (Å²) >= 11 is 1.51. The monoisotopic (exact) mass is 300 g/mol. The molecule has 0 bridgehead atoms. The maximum absolute atomic E-state index is 11.4. The van der Waals surface area contributed by atoms with Gasteiger partial charge in [-0.15, -0.1) is 0 Å². The lowest BCUT2D eigenvalue weighted by Gasteiger charge is -2.04. The largest absolute Gasteiger partial charge is 0.478 e. The Morgan fingerprint density at radius 1 is 1.10 bits per heavy atom. The summed E-state index contributed by atoms with van der Waals surface area (Å²) in [5, 5.41) is 11.9. The molecule has 0 saturated carbocycles. The average molecular weight is 300 g/mol. The minimum atomic E-state index is -1.16. The zero-order valence-electron chi connectivity index (χ0n) is 10.9. The van der Waals surface area contributed by atoms with Gasteiger partial charge in [-0.1, -0.05) is 17.8 Å². The fraction of sp³-hybridized carbons (Fsp3) is 0. The zero-order chi connectivity index (χ0) is 15.1. The van der Waals surface area contributed by atoms with E-state index in [1.54, 1.807) is 18.3 Å². The molecule has 0 fully saturated rings. The number of carbonyl (C=O) groups is 2. The maximum atomic E-state index is 11.4. The number of aromatic nitrogens is 1. The van der Waals surface area contributed by atoms with Crippen LogP contribution in [0.1, 0.15) is 0 Å². The van der Waals surface area contributed by atoms with Crippen molar-refractivity contribution < 1.29 is 14.7 Å². The number of aliphatic carboxylic acids is 1. The summed E-state index contributed by atoms with van der Waals surface area (Å²) in [7, 11) is 0. The Bertz CT molecular complexity index is 654. The molecule has 0 saturated heterocycles. The number of anilines is 1. The van der Waals surface area contributed by atoms with Crippen LogP contribution in [0.5, 0.6) is 0 Å². The zero-order valence-corrected chi connectivity index (χ0v) is 11.7. The standard InChI is InChI=1S/C15H12N2O3S/c18-13(8-9-15(19)20)17-11-4-6-12(7-5-11)21-14-3-1-2-10-16-14/h1-10H,(H,17,18)(H,19,20)/b9-8+. The smallest absolute Gasteiger partial charge is 0.328 e. The molecule has 2 rings (SSSR count). The van der Waals surface area contributed by atoms with Gasteiger partial charge in [-0.05, 0) is 36.4 Å². The number of pyridine rings is 1. The van der Waals surface area contributed by atoms with Crippen LogP contribution in [0.15, 0.2) is 70.7 Å². The second-order valence-electron chi connectivity index (χ2n) is 3.96. The summed E-state index contributed by atoms with van der Waals surface area (Å²) in [6.45, 7) is 0. The number of carbonyl (C=O) groups excluding carboxylic acids is 1. The van der Waals surface area contributed by atoms with Crippen molar-refractivity contribution in [2.75, 3.05) is 5.32 Å². The van der Waals surface area contributed by atoms with Gasteiger partial charge >= 0.3 is 5.97 Å². The Morgan fingerprint density at radius 2 is 1.86 bits per heavy atom. The van der Waals surface area contributed by atoms with E-state index in [4.69, 9.17) is 5.11 Å². The van der Waals surface area contributed by atoms with Crippen LogP contribution < -0.4 is 5.32 Å². The third kappa shape index (κ3) is 5.12. The van der Waals surface area contributed by atoms with Gasteiger partial charge in [0.1, 0.15) is 5.03 Å². The molecular weight excluding hydrogens is 288 g/mol. The van der Waals surface area contributed by atoms with Crippen molar-refractivity contribution in [1.82, 2.24) is 4.98 Å². The molecule has 0 atom stereocenters. The lowest BCUT2D eigenvalue weighted by atomic mass is 10.3. The molecule has 6 heteroatoms. The Morgan fingerprint density at radius 3 is 2.48 bits per heavy atom. The van der Waals surface area contributed by atoms with Gasteiger partial charge in [-0.25, -0.2) is 9.78 Å². The van der Waals surface area contributed by atoms with E-state index in [0.717, 1.165) is 22.1 Å². The highest BCUT2D eigenvalue weighted by Gasteiger charge is 2.01. The molecule has 0 spiro atoms. The molecule has 1 amide bonds. The predicted octanol–water partition coefficient (Wildman–Crippen LogP) is 2.81. The lowest BCUT2D eigenvalue weighted by molar-refractivity contribution is -0.131. The molecule has 0 aliphatic carbocycles. The van der Waals surface area contributed by atoms with E-state index < -0.39 is 11.9 Å². The van der Waals surface area contributed by atoms with Crippen LogP contribution in [0.2, 0.25) is 0 Å². The Balaban J connectivity index is 1.96. The molecule has 0 radical (unpaired) electrons. The van der Waals surface area contributed by atoms with E-state index in [9.17, 15) is 9.59 Å². The summed E-state index contributed by atoms with van der Waals surface area (Å²) in [6, 6.07) is 12.9. The van der Waals surface area contributed by atoms with Crippen LogP contribution in [-0.4, -0.2) is 22.0 Å². The van der Waals surface area contributed by atoms with Crippen LogP contribution in [0.4, 0.5) is 5.69 Å². The molecule has 0 unspecified atom stereocenters. The van der Waals surface area contributed by atoms with Gasteiger partial charge in [-0.2, -0.15) is 0 Å². The molecule has 2 aromatic rings. The number of nitrogens with one attached hydrogen (secondary N) is 1. The van der Waals surface area contributed by atoms with Gasteiger partial charge in [0.25, 0.3) is 0 Å². The van der Waals surface area contributed by atoms with Crippen LogP contribution in [0.3, 0.4) is 0 Å². The van der Waals surface area contributed by atoms with Crippen molar-refractivity contribution >= 4 is 29.3 Å². The molecule has 2 N–H and O–H groups in total. The topological polar surface area (TPSA) is 79.3 Å². The number of carboxylic acids is 1. The molecule has 0 aliphatic heterocycles. The second-order valence-corrected chi connectivity index (χ2v) is 5.05. The van der Waals surface area contributed by atoms with Crippen molar-refractivity contribution in [2.45, 2.75) is 9.92 Å². The lowest BCUT2D eigenvalue weighted by Crippen LogP contribution is -2.08. The number of amides is 1. The molecule has 1 aromatic heterocycles. The van der Waals surface area contributed by atoms with E-state index in [2.05, 4.69) is 10.3 Å². The fourth-order valence-electron chi connectivity index (χ4n) is 1.47. The number of nitrogens with zero attached hydrogens (tertiary/aromatic N) is 1. The van der Waals surface area contributed by atoms with Gasteiger partial charge < -0.3 is 10.4 Å². The fourth-order valence-corrected chi connectivity index (χ4v) is 2.24. The third-order valence-corrected chi connectivity index (χ3v) is 3.32. The summed E-state index contributed by atoms with van der Waals surface area (Å²) in [4.78, 5) is 26.9. The first-order chi connectivity index (χ1) is 10.1. The van der Waals surface area contributed by atoms with E-state index in [1.807, 2.05) is 30.3 Å². The average Bonchev–Trinajstić information content (AvgIpc) is 2.48. The number of hydrogen-bond acceptors (Lipinski definition) is 4. The highest BCUT2D eigenvalue weighted by Crippen LogP contribution is 2.26. The first-order valence-electron chi connectivity index (χ1n) is 6.04. The highest BCUT2D eigenvalue weighted by atomic mass is 32.2. The summed E-state index contributed by atoms with van der Waals surface area (Å²) in [6.07, 6.45) is 3.49.